The van der Waals surface area contributed by atoms with Gasteiger partial charge in [-0.05, 0) is 36.8 Å². The number of nitrogens with one attached hydrogen (secondary N) is 1. The zero-order valence-corrected chi connectivity index (χ0v) is 11.1. The van der Waals surface area contributed by atoms with Crippen LogP contribution in [0.4, 0.5) is 10.1 Å². The Bertz CT molecular complexity index is 614. The molecule has 0 radical (unpaired) electrons. The lowest BCUT2D eigenvalue weighted by Gasteiger charge is -2.15. The molecule has 1 atom stereocenters. The molecule has 0 heterocycles. The van der Waals surface area contributed by atoms with E-state index in [4.69, 9.17) is 11.6 Å². The fourth-order valence-corrected chi connectivity index (χ4v) is 2.13. The van der Waals surface area contributed by atoms with Gasteiger partial charge in [-0.15, -0.1) is 0 Å². The van der Waals surface area contributed by atoms with Crippen LogP contribution in [0.2, 0.25) is 5.02 Å². The summed E-state index contributed by atoms with van der Waals surface area (Å²) in [6, 6.07) is 13.1. The highest BCUT2D eigenvalue weighted by molar-refractivity contribution is 6.31. The lowest BCUT2D eigenvalue weighted by atomic mass is 10.1. The molecule has 0 spiro atoms. The minimum Gasteiger partial charge on any atom is -0.366 e. The minimum absolute atomic E-state index is 0.174. The zero-order chi connectivity index (χ0) is 13.8. The number of aryl methyl sites for hydroxylation is 1. The maximum atomic E-state index is 13.8. The second-order valence-corrected chi connectivity index (χ2v) is 4.62. The van der Waals surface area contributed by atoms with E-state index in [0.29, 0.717) is 0 Å². The minimum atomic E-state index is -0.824. The van der Waals surface area contributed by atoms with Gasteiger partial charge < -0.3 is 5.32 Å². The van der Waals surface area contributed by atoms with Crippen molar-refractivity contribution in [1.29, 1.82) is 5.26 Å². The van der Waals surface area contributed by atoms with Gasteiger partial charge >= 0.3 is 0 Å². The normalized spacial score (nSPS) is 11.7. The van der Waals surface area contributed by atoms with E-state index in [2.05, 4.69) is 5.32 Å². The summed E-state index contributed by atoms with van der Waals surface area (Å²) < 4.78 is 13.8. The molecule has 1 N–H and O–H groups in total. The second kappa shape index (κ2) is 5.73. The van der Waals surface area contributed by atoms with E-state index in [-0.39, 0.29) is 10.6 Å². The molecule has 96 valence electrons. The third-order valence-electron chi connectivity index (χ3n) is 2.75. The van der Waals surface area contributed by atoms with Crippen molar-refractivity contribution in [3.63, 3.8) is 0 Å². The largest absolute Gasteiger partial charge is 0.366 e. The average Bonchev–Trinajstić information content (AvgIpc) is 2.37. The van der Waals surface area contributed by atoms with Crippen molar-refractivity contribution in [2.24, 2.45) is 0 Å². The van der Waals surface area contributed by atoms with Gasteiger partial charge in [-0.25, -0.2) is 4.39 Å². The van der Waals surface area contributed by atoms with Gasteiger partial charge in [0.15, 0.2) is 0 Å². The predicted molar refractivity (Wildman–Crippen MR) is 74.6 cm³/mol. The Morgan fingerprint density at radius 3 is 2.63 bits per heavy atom. The molecule has 0 aromatic heterocycles. The molecule has 0 aliphatic carbocycles. The Morgan fingerprint density at radius 1 is 1.26 bits per heavy atom. The van der Waals surface area contributed by atoms with Crippen molar-refractivity contribution in [2.45, 2.75) is 13.0 Å². The van der Waals surface area contributed by atoms with Gasteiger partial charge in [0.1, 0.15) is 11.9 Å². The summed E-state index contributed by atoms with van der Waals surface area (Å²) in [5.74, 6) is -0.487. The molecule has 1 unspecified atom stereocenters. The lowest BCUT2D eigenvalue weighted by Crippen LogP contribution is -2.11. The first-order chi connectivity index (χ1) is 9.11. The summed E-state index contributed by atoms with van der Waals surface area (Å²) in [7, 11) is 0. The molecule has 2 aromatic rings. The molecule has 2 nitrogen and oxygen atoms in total. The van der Waals surface area contributed by atoms with Gasteiger partial charge in [0.25, 0.3) is 0 Å². The molecule has 19 heavy (non-hydrogen) atoms. The number of anilines is 1. The standard InChI is InChI=1S/C15H12ClFN2/c1-10-4-2-5-11(8-10)19-14(9-18)15-12(16)6-3-7-13(15)17/h2-8,14,19H,1H3. The van der Waals surface area contributed by atoms with Crippen molar-refractivity contribution >= 4 is 17.3 Å². The number of nitrogens with zero attached hydrogens (tertiary/aromatic N) is 1. The van der Waals surface area contributed by atoms with E-state index in [0.717, 1.165) is 11.3 Å². The molecule has 4 heteroatoms. The van der Waals surface area contributed by atoms with Crippen LogP contribution in [-0.2, 0) is 0 Å². The molecular weight excluding hydrogens is 263 g/mol. The molecule has 2 rings (SSSR count). The highest BCUT2D eigenvalue weighted by atomic mass is 35.5. The van der Waals surface area contributed by atoms with Crippen LogP contribution < -0.4 is 5.32 Å². The Labute approximate surface area is 116 Å². The van der Waals surface area contributed by atoms with Gasteiger partial charge in [0, 0.05) is 16.3 Å². The molecule has 0 saturated carbocycles. The molecule has 0 fully saturated rings. The first-order valence-electron chi connectivity index (χ1n) is 5.78. The third-order valence-corrected chi connectivity index (χ3v) is 3.08. The zero-order valence-electron chi connectivity index (χ0n) is 10.3. The van der Waals surface area contributed by atoms with Crippen molar-refractivity contribution in [2.75, 3.05) is 5.32 Å². The van der Waals surface area contributed by atoms with Crippen LogP contribution in [0.15, 0.2) is 42.5 Å². The number of hydrogen-bond acceptors (Lipinski definition) is 2. The number of halogens is 2. The SMILES string of the molecule is Cc1cccc(NC(C#N)c2c(F)cccc2Cl)c1. The van der Waals surface area contributed by atoms with Crippen LogP contribution >= 0.6 is 11.6 Å². The quantitative estimate of drug-likeness (QED) is 0.897. The van der Waals surface area contributed by atoms with Gasteiger partial charge in [0.2, 0.25) is 0 Å². The topological polar surface area (TPSA) is 35.8 Å². The maximum Gasteiger partial charge on any atom is 0.144 e. The molecule has 0 amide bonds. The van der Waals surface area contributed by atoms with E-state index in [9.17, 15) is 9.65 Å². The van der Waals surface area contributed by atoms with Gasteiger partial charge in [-0.3, -0.25) is 0 Å². The fourth-order valence-electron chi connectivity index (χ4n) is 1.86. The van der Waals surface area contributed by atoms with E-state index < -0.39 is 11.9 Å². The van der Waals surface area contributed by atoms with E-state index in [1.54, 1.807) is 6.07 Å². The smallest absolute Gasteiger partial charge is 0.144 e. The van der Waals surface area contributed by atoms with E-state index in [1.807, 2.05) is 37.3 Å². The number of benzene rings is 2. The summed E-state index contributed by atoms with van der Waals surface area (Å²) in [4.78, 5) is 0. The number of hydrogen-bond donors (Lipinski definition) is 1. The van der Waals surface area contributed by atoms with Crippen LogP contribution in [0.3, 0.4) is 0 Å². The second-order valence-electron chi connectivity index (χ2n) is 4.21. The summed E-state index contributed by atoms with van der Waals surface area (Å²) in [6.07, 6.45) is 0. The van der Waals surface area contributed by atoms with E-state index in [1.165, 1.54) is 12.1 Å². The molecule has 0 aliphatic heterocycles. The number of nitriles is 1. The fraction of sp³-hybridized carbons (Fsp3) is 0.133. The Kier molecular flexibility index (Phi) is 4.03. The third kappa shape index (κ3) is 3.04. The van der Waals surface area contributed by atoms with Crippen LogP contribution in [0.25, 0.3) is 0 Å². The number of rotatable bonds is 3. The van der Waals surface area contributed by atoms with Crippen molar-refractivity contribution in [1.82, 2.24) is 0 Å². The van der Waals surface area contributed by atoms with Gasteiger partial charge in [-0.1, -0.05) is 29.8 Å². The van der Waals surface area contributed by atoms with Crippen LogP contribution in [0, 0.1) is 24.1 Å². The highest BCUT2D eigenvalue weighted by Crippen LogP contribution is 2.28. The lowest BCUT2D eigenvalue weighted by molar-refractivity contribution is 0.607. The van der Waals surface area contributed by atoms with Crippen LogP contribution in [-0.4, -0.2) is 0 Å². The first kappa shape index (κ1) is 13.4. The van der Waals surface area contributed by atoms with Gasteiger partial charge in [0.05, 0.1) is 6.07 Å². The summed E-state index contributed by atoms with van der Waals surface area (Å²) in [5, 5.41) is 12.4. The van der Waals surface area contributed by atoms with Gasteiger partial charge in [-0.2, -0.15) is 5.26 Å². The van der Waals surface area contributed by atoms with Crippen molar-refractivity contribution < 1.29 is 4.39 Å². The summed E-state index contributed by atoms with van der Waals surface area (Å²) >= 11 is 5.97. The van der Waals surface area contributed by atoms with E-state index >= 15 is 0 Å². The first-order valence-corrected chi connectivity index (χ1v) is 6.16. The molecule has 0 aliphatic rings. The Morgan fingerprint density at radius 2 is 2.00 bits per heavy atom. The molecule has 0 saturated heterocycles. The molecule has 2 aromatic carbocycles. The summed E-state index contributed by atoms with van der Waals surface area (Å²) in [5.41, 5.74) is 1.99. The molecule has 0 bridgehead atoms. The maximum absolute atomic E-state index is 13.8. The highest BCUT2D eigenvalue weighted by Gasteiger charge is 2.18. The van der Waals surface area contributed by atoms with Crippen molar-refractivity contribution in [3.8, 4) is 6.07 Å². The summed E-state index contributed by atoms with van der Waals surface area (Å²) in [6.45, 7) is 1.95. The Balaban J connectivity index is 2.34. The predicted octanol–water partition coefficient (Wildman–Crippen LogP) is 4.46. The Hall–Kier alpha value is -2.05. The van der Waals surface area contributed by atoms with Crippen LogP contribution in [0.5, 0.6) is 0 Å². The van der Waals surface area contributed by atoms with Crippen LogP contribution in [0.1, 0.15) is 17.2 Å². The molecular formula is C15H12ClFN2. The van der Waals surface area contributed by atoms with Crippen molar-refractivity contribution in [3.05, 3.63) is 64.4 Å². The average molecular weight is 275 g/mol. The monoisotopic (exact) mass is 274 g/mol.